The lowest BCUT2D eigenvalue weighted by molar-refractivity contribution is -0.214. The third-order valence-corrected chi connectivity index (χ3v) is 3.00. The Morgan fingerprint density at radius 2 is 1.65 bits per heavy atom. The molecule has 4 heteroatoms. The summed E-state index contributed by atoms with van der Waals surface area (Å²) in [5, 5.41) is 2.63. The molecule has 0 aliphatic rings. The van der Waals surface area contributed by atoms with Crippen molar-refractivity contribution in [2.45, 2.75) is 32.5 Å². The van der Waals surface area contributed by atoms with Crippen molar-refractivity contribution in [3.63, 3.8) is 0 Å². The van der Waals surface area contributed by atoms with E-state index in [2.05, 4.69) is 5.32 Å². The van der Waals surface area contributed by atoms with Gasteiger partial charge in [0.15, 0.2) is 0 Å². The molecule has 0 saturated carbocycles. The summed E-state index contributed by atoms with van der Waals surface area (Å²) in [7, 11) is 0. The predicted molar refractivity (Wildman–Crippen MR) is 62.7 cm³/mol. The smallest absolute Gasteiger partial charge is 0.300 e. The number of hydrogen-bond donors (Lipinski definition) is 1. The van der Waals surface area contributed by atoms with Crippen molar-refractivity contribution in [2.75, 3.05) is 6.54 Å². The zero-order valence-corrected chi connectivity index (χ0v) is 10.3. The molecule has 0 aromatic heterocycles. The highest BCUT2D eigenvalue weighted by Crippen LogP contribution is 2.44. The van der Waals surface area contributed by atoms with Crippen LogP contribution in [0.3, 0.4) is 0 Å². The quantitative estimate of drug-likeness (QED) is 0.852. The van der Waals surface area contributed by atoms with Gasteiger partial charge in [-0.25, -0.2) is 0 Å². The second-order valence-electron chi connectivity index (χ2n) is 4.36. The van der Waals surface area contributed by atoms with Crippen molar-refractivity contribution in [3.8, 4) is 0 Å². The molecule has 0 aliphatic heterocycles. The first-order chi connectivity index (χ1) is 7.86. The van der Waals surface area contributed by atoms with Crippen LogP contribution in [0, 0.1) is 5.92 Å². The molecule has 0 radical (unpaired) electrons. The van der Waals surface area contributed by atoms with Gasteiger partial charge in [-0.15, -0.1) is 0 Å². The lowest BCUT2D eigenvalue weighted by Crippen LogP contribution is -2.57. The molecule has 1 unspecified atom stereocenters. The monoisotopic (exact) mass is 245 g/mol. The van der Waals surface area contributed by atoms with E-state index in [-0.39, 0.29) is 12.1 Å². The highest BCUT2D eigenvalue weighted by atomic mass is 19.4. The molecule has 0 saturated heterocycles. The zero-order valence-electron chi connectivity index (χ0n) is 10.3. The van der Waals surface area contributed by atoms with E-state index in [1.165, 1.54) is 12.1 Å². The van der Waals surface area contributed by atoms with Crippen molar-refractivity contribution in [3.05, 3.63) is 35.9 Å². The van der Waals surface area contributed by atoms with Crippen LogP contribution in [0.5, 0.6) is 0 Å². The molecule has 1 nitrogen and oxygen atoms in total. The average Bonchev–Trinajstić information content (AvgIpc) is 2.24. The van der Waals surface area contributed by atoms with E-state index in [9.17, 15) is 13.2 Å². The predicted octanol–water partition coefficient (Wildman–Crippen LogP) is 3.71. The lowest BCUT2D eigenvalue weighted by Gasteiger charge is -2.40. The Bertz CT molecular complexity index is 345. The molecular weight excluding hydrogens is 227 g/mol. The summed E-state index contributed by atoms with van der Waals surface area (Å²) in [6.45, 7) is 5.13. The van der Waals surface area contributed by atoms with Crippen LogP contribution >= 0.6 is 0 Å². The second kappa shape index (κ2) is 5.08. The molecule has 0 amide bonds. The van der Waals surface area contributed by atoms with Crippen molar-refractivity contribution in [1.29, 1.82) is 0 Å². The lowest BCUT2D eigenvalue weighted by atomic mass is 9.79. The summed E-state index contributed by atoms with van der Waals surface area (Å²) in [5.41, 5.74) is -1.70. The first-order valence-corrected chi connectivity index (χ1v) is 5.73. The Hall–Kier alpha value is -1.03. The number of hydrogen-bond acceptors (Lipinski definition) is 1. The molecule has 0 heterocycles. The highest BCUT2D eigenvalue weighted by molar-refractivity contribution is 5.27. The highest BCUT2D eigenvalue weighted by Gasteiger charge is 2.57. The van der Waals surface area contributed by atoms with Gasteiger partial charge in [-0.2, -0.15) is 13.2 Å². The molecule has 0 bridgehead atoms. The maximum Gasteiger partial charge on any atom is 0.411 e. The van der Waals surface area contributed by atoms with Crippen molar-refractivity contribution >= 4 is 0 Å². The Kier molecular flexibility index (Phi) is 4.20. The minimum Gasteiger partial charge on any atom is -0.300 e. The molecule has 0 spiro atoms. The SMILES string of the molecule is CCNC(c1ccccc1)(C(C)C)C(F)(F)F. The first kappa shape index (κ1) is 14.0. The molecule has 0 fully saturated rings. The molecule has 1 rings (SSSR count). The molecule has 0 aliphatic carbocycles. The maximum absolute atomic E-state index is 13.4. The van der Waals surface area contributed by atoms with Gasteiger partial charge in [-0.3, -0.25) is 5.32 Å². The van der Waals surface area contributed by atoms with Gasteiger partial charge in [0.25, 0.3) is 0 Å². The Morgan fingerprint density at radius 1 is 1.12 bits per heavy atom. The summed E-state index contributed by atoms with van der Waals surface area (Å²) in [6, 6.07) is 8.04. The van der Waals surface area contributed by atoms with Gasteiger partial charge >= 0.3 is 6.18 Å². The van der Waals surface area contributed by atoms with Crippen molar-refractivity contribution in [2.24, 2.45) is 5.92 Å². The van der Waals surface area contributed by atoms with Crippen LogP contribution in [0.1, 0.15) is 26.3 Å². The molecule has 1 aromatic rings. The molecule has 17 heavy (non-hydrogen) atoms. The van der Waals surface area contributed by atoms with Gasteiger partial charge in [-0.1, -0.05) is 51.1 Å². The minimum atomic E-state index is -4.32. The van der Waals surface area contributed by atoms with E-state index in [1.807, 2.05) is 0 Å². The molecule has 96 valence electrons. The molecule has 1 aromatic carbocycles. The fraction of sp³-hybridized carbons (Fsp3) is 0.538. The summed E-state index contributed by atoms with van der Waals surface area (Å²) in [4.78, 5) is 0. The van der Waals surface area contributed by atoms with Crippen LogP contribution in [-0.2, 0) is 5.54 Å². The molecule has 1 N–H and O–H groups in total. The molecule has 1 atom stereocenters. The van der Waals surface area contributed by atoms with Crippen molar-refractivity contribution in [1.82, 2.24) is 5.32 Å². The Balaban J connectivity index is 3.36. The molecular formula is C13H18F3N. The fourth-order valence-electron chi connectivity index (χ4n) is 2.21. The van der Waals surface area contributed by atoms with Crippen molar-refractivity contribution < 1.29 is 13.2 Å². The van der Waals surface area contributed by atoms with Crippen LogP contribution in [0.4, 0.5) is 13.2 Å². The number of halogens is 3. The summed E-state index contributed by atoms with van der Waals surface area (Å²) in [6.07, 6.45) is -4.32. The first-order valence-electron chi connectivity index (χ1n) is 5.73. The largest absolute Gasteiger partial charge is 0.411 e. The minimum absolute atomic E-state index is 0.268. The van der Waals surface area contributed by atoms with Gasteiger partial charge in [0, 0.05) is 0 Å². The average molecular weight is 245 g/mol. The van der Waals surface area contributed by atoms with E-state index in [1.54, 1.807) is 39.0 Å². The van der Waals surface area contributed by atoms with Gasteiger partial charge in [0.2, 0.25) is 0 Å². The standard InChI is InChI=1S/C13H18F3N/c1-4-17-12(10(2)3,13(14,15)16)11-8-6-5-7-9-11/h5-10,17H,4H2,1-3H3. The van der Waals surface area contributed by atoms with Crippen LogP contribution < -0.4 is 5.32 Å². The van der Waals surface area contributed by atoms with Crippen LogP contribution in [0.2, 0.25) is 0 Å². The van der Waals surface area contributed by atoms with Crippen LogP contribution in [0.15, 0.2) is 30.3 Å². The summed E-state index contributed by atoms with van der Waals surface area (Å²) >= 11 is 0. The van der Waals surface area contributed by atoms with E-state index in [0.29, 0.717) is 0 Å². The van der Waals surface area contributed by atoms with Gasteiger partial charge in [0.1, 0.15) is 5.54 Å². The number of rotatable bonds is 4. The fourth-order valence-corrected chi connectivity index (χ4v) is 2.21. The van der Waals surface area contributed by atoms with E-state index in [4.69, 9.17) is 0 Å². The summed E-state index contributed by atoms with van der Waals surface area (Å²) in [5.74, 6) is -0.579. The number of alkyl halides is 3. The van der Waals surface area contributed by atoms with Gasteiger partial charge in [0.05, 0.1) is 0 Å². The number of nitrogens with one attached hydrogen (secondary N) is 1. The van der Waals surface area contributed by atoms with Gasteiger partial charge in [-0.05, 0) is 18.0 Å². The van der Waals surface area contributed by atoms with E-state index >= 15 is 0 Å². The van der Waals surface area contributed by atoms with E-state index in [0.717, 1.165) is 0 Å². The third kappa shape index (κ3) is 2.46. The normalized spacial score (nSPS) is 15.9. The maximum atomic E-state index is 13.4. The van der Waals surface area contributed by atoms with E-state index < -0.39 is 17.6 Å². The Labute approximate surface area is 100 Å². The summed E-state index contributed by atoms with van der Waals surface area (Å²) < 4.78 is 40.3. The second-order valence-corrected chi connectivity index (χ2v) is 4.36. The number of benzene rings is 1. The third-order valence-electron chi connectivity index (χ3n) is 3.00. The van der Waals surface area contributed by atoms with Gasteiger partial charge < -0.3 is 0 Å². The van der Waals surface area contributed by atoms with Crippen LogP contribution in [-0.4, -0.2) is 12.7 Å². The zero-order chi connectivity index (χ0) is 13.1. The topological polar surface area (TPSA) is 12.0 Å². The Morgan fingerprint density at radius 3 is 2.00 bits per heavy atom. The van der Waals surface area contributed by atoms with Crippen LogP contribution in [0.25, 0.3) is 0 Å².